The molecule has 2 aromatic rings. The summed E-state index contributed by atoms with van der Waals surface area (Å²) in [4.78, 5) is 0.170. The number of nitrogens with zero attached hydrogens (tertiary/aromatic N) is 1. The van der Waals surface area contributed by atoms with Crippen LogP contribution in [0.1, 0.15) is 5.56 Å². The Bertz CT molecular complexity index is 745. The summed E-state index contributed by atoms with van der Waals surface area (Å²) in [6, 6.07) is 11.9. The summed E-state index contributed by atoms with van der Waals surface area (Å²) in [5.74, 6) is 0. The average molecular weight is 355 g/mol. The van der Waals surface area contributed by atoms with Gasteiger partial charge in [0.2, 0.25) is 0 Å². The molecule has 2 N–H and O–H groups in total. The fourth-order valence-corrected chi connectivity index (χ4v) is 3.43. The van der Waals surface area contributed by atoms with Crippen LogP contribution in [0.5, 0.6) is 0 Å². The molecule has 0 saturated carbocycles. The first-order valence-corrected chi connectivity index (χ1v) is 8.17. The van der Waals surface area contributed by atoms with Gasteiger partial charge < -0.3 is 5.73 Å². The second-order valence-corrected chi connectivity index (χ2v) is 7.27. The molecule has 0 unspecified atom stereocenters. The molecule has 0 aromatic heterocycles. The molecule has 0 atom stereocenters. The molecule has 20 heavy (non-hydrogen) atoms. The summed E-state index contributed by atoms with van der Waals surface area (Å²) in [7, 11) is -2.08. The van der Waals surface area contributed by atoms with Crippen LogP contribution in [0.25, 0.3) is 0 Å². The van der Waals surface area contributed by atoms with Crippen LogP contribution in [-0.4, -0.2) is 15.5 Å². The Kier molecular flexibility index (Phi) is 4.06. The van der Waals surface area contributed by atoms with Gasteiger partial charge in [0.15, 0.2) is 0 Å². The Labute approximate surface area is 127 Å². The quantitative estimate of drug-likeness (QED) is 0.861. The third kappa shape index (κ3) is 2.66. The maximum absolute atomic E-state index is 12.6. The van der Waals surface area contributed by atoms with Gasteiger partial charge in [0.1, 0.15) is 0 Å². The first-order valence-electron chi connectivity index (χ1n) is 5.93. The van der Waals surface area contributed by atoms with Crippen LogP contribution in [0.3, 0.4) is 0 Å². The van der Waals surface area contributed by atoms with Crippen LogP contribution < -0.4 is 10.0 Å². The molecule has 2 rings (SSSR count). The Morgan fingerprint density at radius 1 is 1.15 bits per heavy atom. The van der Waals surface area contributed by atoms with Crippen molar-refractivity contribution in [2.45, 2.75) is 11.8 Å². The Balaban J connectivity index is 2.50. The van der Waals surface area contributed by atoms with Crippen LogP contribution in [0.4, 0.5) is 11.4 Å². The van der Waals surface area contributed by atoms with Crippen LogP contribution in [0.2, 0.25) is 0 Å². The lowest BCUT2D eigenvalue weighted by atomic mass is 10.2. The van der Waals surface area contributed by atoms with Gasteiger partial charge in [0, 0.05) is 17.2 Å². The molecule has 0 fully saturated rings. The van der Waals surface area contributed by atoms with Gasteiger partial charge in [-0.25, -0.2) is 8.42 Å². The minimum Gasteiger partial charge on any atom is -0.398 e. The molecule has 0 aliphatic carbocycles. The number of benzene rings is 2. The van der Waals surface area contributed by atoms with E-state index in [2.05, 4.69) is 15.9 Å². The van der Waals surface area contributed by atoms with E-state index in [9.17, 15) is 8.42 Å². The minimum absolute atomic E-state index is 0.170. The van der Waals surface area contributed by atoms with Crippen molar-refractivity contribution in [1.29, 1.82) is 0 Å². The van der Waals surface area contributed by atoms with Gasteiger partial charge in [-0.2, -0.15) is 0 Å². The molecule has 0 amide bonds. The van der Waals surface area contributed by atoms with Gasteiger partial charge in [-0.15, -0.1) is 0 Å². The lowest BCUT2D eigenvalue weighted by Crippen LogP contribution is -2.27. The van der Waals surface area contributed by atoms with E-state index in [0.29, 0.717) is 15.8 Å². The highest BCUT2D eigenvalue weighted by atomic mass is 79.9. The number of sulfonamides is 1. The molecule has 4 nitrogen and oxygen atoms in total. The highest BCUT2D eigenvalue weighted by Gasteiger charge is 2.22. The standard InChI is InChI=1S/C14H15BrN2O2S/c1-10-5-3-4-6-14(10)17(2)20(18,19)11-7-8-12(15)13(16)9-11/h3-9H,16H2,1-2H3. The number of nitrogens with two attached hydrogens (primary N) is 1. The number of anilines is 2. The van der Waals surface area contributed by atoms with E-state index in [0.717, 1.165) is 5.56 Å². The number of hydrogen-bond donors (Lipinski definition) is 1. The first kappa shape index (κ1) is 14.9. The zero-order chi connectivity index (χ0) is 14.9. The second kappa shape index (κ2) is 5.46. The van der Waals surface area contributed by atoms with Crippen molar-refractivity contribution in [3.05, 3.63) is 52.5 Å². The predicted octanol–water partition coefficient (Wildman–Crippen LogP) is 3.16. The van der Waals surface area contributed by atoms with Gasteiger partial charge in [-0.3, -0.25) is 4.31 Å². The van der Waals surface area contributed by atoms with Crippen LogP contribution in [-0.2, 0) is 10.0 Å². The third-order valence-electron chi connectivity index (χ3n) is 3.08. The normalized spacial score (nSPS) is 11.3. The highest BCUT2D eigenvalue weighted by molar-refractivity contribution is 9.10. The molecule has 106 valence electrons. The number of halogens is 1. The highest BCUT2D eigenvalue weighted by Crippen LogP contribution is 2.28. The molecular weight excluding hydrogens is 340 g/mol. The van der Waals surface area contributed by atoms with Gasteiger partial charge in [0.05, 0.1) is 10.6 Å². The van der Waals surface area contributed by atoms with E-state index < -0.39 is 10.0 Å². The monoisotopic (exact) mass is 354 g/mol. The van der Waals surface area contributed by atoms with E-state index in [1.54, 1.807) is 12.1 Å². The molecule has 0 radical (unpaired) electrons. The molecule has 0 aliphatic rings. The van der Waals surface area contributed by atoms with Crippen LogP contribution in [0, 0.1) is 6.92 Å². The van der Waals surface area contributed by atoms with Gasteiger partial charge in [-0.05, 0) is 52.7 Å². The molecular formula is C14H15BrN2O2S. The molecule has 2 aromatic carbocycles. The summed E-state index contributed by atoms with van der Waals surface area (Å²) < 4.78 is 27.2. The lowest BCUT2D eigenvalue weighted by Gasteiger charge is -2.21. The fraction of sp³-hybridized carbons (Fsp3) is 0.143. The van der Waals surface area contributed by atoms with Crippen LogP contribution >= 0.6 is 15.9 Å². The van der Waals surface area contributed by atoms with Crippen molar-refractivity contribution in [2.75, 3.05) is 17.1 Å². The summed E-state index contributed by atoms with van der Waals surface area (Å²) >= 11 is 3.26. The van der Waals surface area contributed by atoms with E-state index >= 15 is 0 Å². The Morgan fingerprint density at radius 2 is 1.80 bits per heavy atom. The minimum atomic E-state index is -3.62. The largest absolute Gasteiger partial charge is 0.398 e. The van der Waals surface area contributed by atoms with Gasteiger partial charge in [0.25, 0.3) is 10.0 Å². The maximum atomic E-state index is 12.6. The van der Waals surface area contributed by atoms with Crippen molar-refractivity contribution in [2.24, 2.45) is 0 Å². The summed E-state index contributed by atoms with van der Waals surface area (Å²) in [5.41, 5.74) is 7.69. The second-order valence-electron chi connectivity index (χ2n) is 4.44. The lowest BCUT2D eigenvalue weighted by molar-refractivity contribution is 0.594. The van der Waals surface area contributed by atoms with E-state index in [1.807, 2.05) is 25.1 Å². The summed E-state index contributed by atoms with van der Waals surface area (Å²) in [6.07, 6.45) is 0. The molecule has 0 bridgehead atoms. The SMILES string of the molecule is Cc1ccccc1N(C)S(=O)(=O)c1ccc(Br)c(N)c1. The number of para-hydroxylation sites is 1. The topological polar surface area (TPSA) is 63.4 Å². The molecule has 0 heterocycles. The van der Waals surface area contributed by atoms with Crippen molar-refractivity contribution in [1.82, 2.24) is 0 Å². The van der Waals surface area contributed by atoms with E-state index in [1.165, 1.54) is 23.5 Å². The van der Waals surface area contributed by atoms with Crippen molar-refractivity contribution < 1.29 is 8.42 Å². The molecule has 0 saturated heterocycles. The van der Waals surface area contributed by atoms with Gasteiger partial charge in [-0.1, -0.05) is 18.2 Å². The zero-order valence-corrected chi connectivity index (χ0v) is 13.6. The fourth-order valence-electron chi connectivity index (χ4n) is 1.89. The zero-order valence-electron chi connectivity index (χ0n) is 11.2. The van der Waals surface area contributed by atoms with E-state index in [-0.39, 0.29) is 4.90 Å². The van der Waals surface area contributed by atoms with Crippen molar-refractivity contribution in [3.63, 3.8) is 0 Å². The maximum Gasteiger partial charge on any atom is 0.264 e. The number of rotatable bonds is 3. The molecule has 0 spiro atoms. The van der Waals surface area contributed by atoms with Crippen LogP contribution in [0.15, 0.2) is 51.8 Å². The van der Waals surface area contributed by atoms with Crippen molar-refractivity contribution in [3.8, 4) is 0 Å². The van der Waals surface area contributed by atoms with Crippen molar-refractivity contribution >= 4 is 37.3 Å². The Morgan fingerprint density at radius 3 is 2.40 bits per heavy atom. The predicted molar refractivity (Wildman–Crippen MR) is 85.3 cm³/mol. The molecule has 0 aliphatic heterocycles. The van der Waals surface area contributed by atoms with E-state index in [4.69, 9.17) is 5.73 Å². The summed E-state index contributed by atoms with van der Waals surface area (Å²) in [6.45, 7) is 1.87. The molecule has 6 heteroatoms. The number of nitrogen functional groups attached to an aromatic ring is 1. The van der Waals surface area contributed by atoms with Gasteiger partial charge >= 0.3 is 0 Å². The number of aryl methyl sites for hydroxylation is 1. The summed E-state index contributed by atoms with van der Waals surface area (Å²) in [5, 5.41) is 0. The third-order valence-corrected chi connectivity index (χ3v) is 5.57. The first-order chi connectivity index (χ1) is 9.34. The Hall–Kier alpha value is -1.53. The smallest absolute Gasteiger partial charge is 0.264 e. The average Bonchev–Trinajstić information content (AvgIpc) is 2.41. The number of hydrogen-bond acceptors (Lipinski definition) is 3.